The minimum atomic E-state index is 0.238. The summed E-state index contributed by atoms with van der Waals surface area (Å²) in [5, 5.41) is 6.89. The zero-order valence-corrected chi connectivity index (χ0v) is 17.4. The van der Waals surface area contributed by atoms with Crippen molar-refractivity contribution >= 4 is 17.0 Å². The maximum absolute atomic E-state index is 4.73. The SMILES string of the molecule is CN=C(NCc1nc2ccccc2n1C)NCC(c1ccccc1)c1ccccc1. The molecule has 4 aromatic rings. The van der Waals surface area contributed by atoms with Gasteiger partial charge in [-0.3, -0.25) is 4.99 Å². The fourth-order valence-corrected chi connectivity index (χ4v) is 3.73. The van der Waals surface area contributed by atoms with Crippen molar-refractivity contribution in [2.45, 2.75) is 12.5 Å². The molecule has 0 aliphatic rings. The van der Waals surface area contributed by atoms with Crippen molar-refractivity contribution in [2.75, 3.05) is 13.6 Å². The van der Waals surface area contributed by atoms with Gasteiger partial charge in [-0.25, -0.2) is 4.98 Å². The molecule has 5 heteroatoms. The average molecular weight is 398 g/mol. The predicted octanol–water partition coefficient (Wildman–Crippen LogP) is 4.07. The zero-order valence-electron chi connectivity index (χ0n) is 17.4. The quantitative estimate of drug-likeness (QED) is 0.381. The Morgan fingerprint density at radius 3 is 2.07 bits per heavy atom. The predicted molar refractivity (Wildman–Crippen MR) is 124 cm³/mol. The van der Waals surface area contributed by atoms with Gasteiger partial charge in [-0.05, 0) is 23.3 Å². The third-order valence-electron chi connectivity index (χ3n) is 5.39. The maximum Gasteiger partial charge on any atom is 0.191 e. The topological polar surface area (TPSA) is 54.2 Å². The molecule has 2 N–H and O–H groups in total. The van der Waals surface area contributed by atoms with Gasteiger partial charge < -0.3 is 15.2 Å². The second-order valence-electron chi connectivity index (χ2n) is 7.26. The fourth-order valence-electron chi connectivity index (χ4n) is 3.73. The summed E-state index contributed by atoms with van der Waals surface area (Å²) >= 11 is 0. The minimum absolute atomic E-state index is 0.238. The first-order valence-electron chi connectivity index (χ1n) is 10.2. The first kappa shape index (κ1) is 19.7. The number of nitrogens with one attached hydrogen (secondary N) is 2. The third-order valence-corrected chi connectivity index (χ3v) is 5.39. The Hall–Kier alpha value is -3.60. The van der Waals surface area contributed by atoms with E-state index >= 15 is 0 Å². The number of rotatable bonds is 6. The lowest BCUT2D eigenvalue weighted by Gasteiger charge is -2.20. The number of aromatic nitrogens is 2. The molecule has 3 aromatic carbocycles. The highest BCUT2D eigenvalue weighted by molar-refractivity contribution is 5.80. The largest absolute Gasteiger partial charge is 0.355 e. The minimum Gasteiger partial charge on any atom is -0.355 e. The highest BCUT2D eigenvalue weighted by Crippen LogP contribution is 2.23. The van der Waals surface area contributed by atoms with Crippen LogP contribution in [0.2, 0.25) is 0 Å². The number of benzene rings is 3. The highest BCUT2D eigenvalue weighted by Gasteiger charge is 2.15. The van der Waals surface area contributed by atoms with Crippen LogP contribution >= 0.6 is 0 Å². The van der Waals surface area contributed by atoms with Gasteiger partial charge in [0.05, 0.1) is 17.6 Å². The monoisotopic (exact) mass is 397 g/mol. The summed E-state index contributed by atoms with van der Waals surface area (Å²) in [6.07, 6.45) is 0. The number of aryl methyl sites for hydroxylation is 1. The Balaban J connectivity index is 1.45. The van der Waals surface area contributed by atoms with Crippen LogP contribution in [0.15, 0.2) is 89.9 Å². The number of hydrogen-bond donors (Lipinski definition) is 2. The van der Waals surface area contributed by atoms with Gasteiger partial charge in [0.2, 0.25) is 0 Å². The molecule has 0 spiro atoms. The van der Waals surface area contributed by atoms with Gasteiger partial charge >= 0.3 is 0 Å². The van der Waals surface area contributed by atoms with Gasteiger partial charge in [0.25, 0.3) is 0 Å². The van der Waals surface area contributed by atoms with E-state index in [0.717, 1.165) is 29.4 Å². The lowest BCUT2D eigenvalue weighted by Crippen LogP contribution is -2.39. The van der Waals surface area contributed by atoms with Crippen LogP contribution in [0.4, 0.5) is 0 Å². The van der Waals surface area contributed by atoms with Crippen molar-refractivity contribution in [3.63, 3.8) is 0 Å². The molecule has 1 aromatic heterocycles. The zero-order chi connectivity index (χ0) is 20.8. The summed E-state index contributed by atoms with van der Waals surface area (Å²) in [6.45, 7) is 1.35. The van der Waals surface area contributed by atoms with Crippen molar-refractivity contribution in [1.29, 1.82) is 0 Å². The lowest BCUT2D eigenvalue weighted by atomic mass is 9.91. The van der Waals surface area contributed by atoms with E-state index in [-0.39, 0.29) is 5.92 Å². The van der Waals surface area contributed by atoms with E-state index in [4.69, 9.17) is 4.98 Å². The first-order chi connectivity index (χ1) is 14.8. The van der Waals surface area contributed by atoms with Gasteiger partial charge in [0.15, 0.2) is 5.96 Å². The van der Waals surface area contributed by atoms with E-state index in [2.05, 4.69) is 86.9 Å². The summed E-state index contributed by atoms with van der Waals surface area (Å²) in [6, 6.07) is 29.3. The number of imidazole rings is 1. The molecule has 0 fully saturated rings. The molecule has 0 saturated carbocycles. The van der Waals surface area contributed by atoms with Crippen LogP contribution in [-0.4, -0.2) is 29.1 Å². The van der Waals surface area contributed by atoms with Crippen LogP contribution in [0, 0.1) is 0 Å². The standard InChI is InChI=1S/C25H27N5/c1-26-25(28-18-24-29-22-15-9-10-16-23(22)30(24)2)27-17-21(19-11-5-3-6-12-19)20-13-7-4-8-14-20/h3-16,21H,17-18H2,1-2H3,(H2,26,27,28). The molecule has 152 valence electrons. The molecule has 0 atom stereocenters. The van der Waals surface area contributed by atoms with Crippen molar-refractivity contribution < 1.29 is 0 Å². The second kappa shape index (κ2) is 9.27. The van der Waals surface area contributed by atoms with Crippen molar-refractivity contribution in [3.8, 4) is 0 Å². The fraction of sp³-hybridized carbons (Fsp3) is 0.200. The average Bonchev–Trinajstić information content (AvgIpc) is 3.13. The highest BCUT2D eigenvalue weighted by atomic mass is 15.2. The Bertz CT molecular complexity index is 1080. The molecule has 30 heavy (non-hydrogen) atoms. The molecule has 0 bridgehead atoms. The van der Waals surface area contributed by atoms with Crippen LogP contribution < -0.4 is 10.6 Å². The van der Waals surface area contributed by atoms with Gasteiger partial charge in [0, 0.05) is 26.6 Å². The Kier molecular flexibility index (Phi) is 6.09. The summed E-state index contributed by atoms with van der Waals surface area (Å²) < 4.78 is 2.12. The van der Waals surface area contributed by atoms with Crippen molar-refractivity contribution in [1.82, 2.24) is 20.2 Å². The number of nitrogens with zero attached hydrogens (tertiary/aromatic N) is 3. The molecule has 1 heterocycles. The van der Waals surface area contributed by atoms with Crippen LogP contribution in [0.5, 0.6) is 0 Å². The van der Waals surface area contributed by atoms with Crippen LogP contribution in [-0.2, 0) is 13.6 Å². The molecule has 4 rings (SSSR count). The van der Waals surface area contributed by atoms with Crippen molar-refractivity contribution in [2.24, 2.45) is 12.0 Å². The second-order valence-corrected chi connectivity index (χ2v) is 7.26. The molecule has 0 saturated heterocycles. The number of guanidine groups is 1. The summed E-state index contributed by atoms with van der Waals surface area (Å²) in [7, 11) is 3.84. The van der Waals surface area contributed by atoms with E-state index in [1.54, 1.807) is 7.05 Å². The van der Waals surface area contributed by atoms with Crippen molar-refractivity contribution in [3.05, 3.63) is 102 Å². The number of para-hydroxylation sites is 2. The molecular weight excluding hydrogens is 370 g/mol. The molecule has 0 unspecified atom stereocenters. The lowest BCUT2D eigenvalue weighted by molar-refractivity contribution is 0.706. The van der Waals surface area contributed by atoms with Gasteiger partial charge in [-0.2, -0.15) is 0 Å². The van der Waals surface area contributed by atoms with Gasteiger partial charge in [-0.15, -0.1) is 0 Å². The summed E-state index contributed by atoms with van der Waals surface area (Å²) in [5.74, 6) is 1.97. The summed E-state index contributed by atoms with van der Waals surface area (Å²) in [4.78, 5) is 9.13. The van der Waals surface area contributed by atoms with E-state index in [0.29, 0.717) is 6.54 Å². The molecule has 0 radical (unpaired) electrons. The normalized spacial score (nSPS) is 11.8. The molecule has 5 nitrogen and oxygen atoms in total. The number of fused-ring (bicyclic) bond motifs is 1. The number of aliphatic imine (C=N–C) groups is 1. The maximum atomic E-state index is 4.73. The Morgan fingerprint density at radius 2 is 1.47 bits per heavy atom. The van der Waals surface area contributed by atoms with Crippen LogP contribution in [0.3, 0.4) is 0 Å². The van der Waals surface area contributed by atoms with Crippen LogP contribution in [0.1, 0.15) is 22.9 Å². The van der Waals surface area contributed by atoms with Crippen LogP contribution in [0.25, 0.3) is 11.0 Å². The molecule has 0 amide bonds. The number of hydrogen-bond acceptors (Lipinski definition) is 2. The Morgan fingerprint density at radius 1 is 0.867 bits per heavy atom. The molecular formula is C25H27N5. The van der Waals surface area contributed by atoms with Gasteiger partial charge in [0.1, 0.15) is 5.82 Å². The van der Waals surface area contributed by atoms with E-state index in [9.17, 15) is 0 Å². The Labute approximate surface area is 177 Å². The van der Waals surface area contributed by atoms with Gasteiger partial charge in [-0.1, -0.05) is 72.8 Å². The van der Waals surface area contributed by atoms with E-state index in [1.165, 1.54) is 11.1 Å². The molecule has 0 aliphatic heterocycles. The molecule has 0 aliphatic carbocycles. The van der Waals surface area contributed by atoms with E-state index in [1.807, 2.05) is 25.2 Å². The smallest absolute Gasteiger partial charge is 0.191 e. The summed E-state index contributed by atoms with van der Waals surface area (Å²) in [5.41, 5.74) is 4.70. The van der Waals surface area contributed by atoms with E-state index < -0.39 is 0 Å². The first-order valence-corrected chi connectivity index (χ1v) is 10.2. The third kappa shape index (κ3) is 4.35.